The minimum Gasteiger partial charge on any atom is -0.508 e. The molecule has 0 unspecified atom stereocenters. The van der Waals surface area contributed by atoms with Crippen molar-refractivity contribution in [2.24, 2.45) is 0 Å². The second-order valence-electron chi connectivity index (χ2n) is 4.20. The SMILES string of the molecule is COc1cc(O)ccc1C.COc1cc(O)ccc1C=O. The summed E-state index contributed by atoms with van der Waals surface area (Å²) < 4.78 is 9.79. The Bertz CT molecular complexity index is 608. The van der Waals surface area contributed by atoms with Crippen LogP contribution in [0.2, 0.25) is 0 Å². The summed E-state index contributed by atoms with van der Waals surface area (Å²) in [6, 6.07) is 9.37. The van der Waals surface area contributed by atoms with Gasteiger partial charge in [0.1, 0.15) is 23.0 Å². The highest BCUT2D eigenvalue weighted by Gasteiger charge is 2.01. The zero-order valence-electron chi connectivity index (χ0n) is 12.2. The zero-order chi connectivity index (χ0) is 15.8. The summed E-state index contributed by atoms with van der Waals surface area (Å²) in [6.07, 6.45) is 0.679. The third-order valence-corrected chi connectivity index (χ3v) is 2.74. The number of benzene rings is 2. The molecule has 0 aliphatic heterocycles. The second kappa shape index (κ2) is 7.79. The number of methoxy groups -OCH3 is 2. The first-order valence-corrected chi connectivity index (χ1v) is 6.17. The fourth-order valence-electron chi connectivity index (χ4n) is 1.61. The maximum absolute atomic E-state index is 10.3. The number of hydrogen-bond acceptors (Lipinski definition) is 5. The van der Waals surface area contributed by atoms with E-state index in [2.05, 4.69) is 0 Å². The topological polar surface area (TPSA) is 76.0 Å². The molecule has 0 fully saturated rings. The molecule has 0 aliphatic carbocycles. The third kappa shape index (κ3) is 4.72. The second-order valence-corrected chi connectivity index (χ2v) is 4.20. The van der Waals surface area contributed by atoms with Crippen molar-refractivity contribution in [3.63, 3.8) is 0 Å². The molecule has 0 aliphatic rings. The minimum atomic E-state index is 0.0902. The van der Waals surface area contributed by atoms with E-state index in [9.17, 15) is 4.79 Å². The van der Waals surface area contributed by atoms with Crippen LogP contribution in [0.1, 0.15) is 15.9 Å². The Morgan fingerprint density at radius 3 is 1.90 bits per heavy atom. The number of aromatic hydroxyl groups is 2. The van der Waals surface area contributed by atoms with Crippen LogP contribution in [0.4, 0.5) is 0 Å². The molecule has 0 aromatic heterocycles. The molecule has 2 rings (SSSR count). The first-order valence-electron chi connectivity index (χ1n) is 6.17. The van der Waals surface area contributed by atoms with Crippen LogP contribution < -0.4 is 9.47 Å². The molecule has 21 heavy (non-hydrogen) atoms. The third-order valence-electron chi connectivity index (χ3n) is 2.74. The van der Waals surface area contributed by atoms with Gasteiger partial charge in [0, 0.05) is 12.1 Å². The van der Waals surface area contributed by atoms with Gasteiger partial charge in [-0.3, -0.25) is 4.79 Å². The van der Waals surface area contributed by atoms with Crippen LogP contribution >= 0.6 is 0 Å². The summed E-state index contributed by atoms with van der Waals surface area (Å²) >= 11 is 0. The minimum absolute atomic E-state index is 0.0902. The smallest absolute Gasteiger partial charge is 0.153 e. The molecule has 2 aromatic rings. The predicted molar refractivity (Wildman–Crippen MR) is 79.4 cm³/mol. The zero-order valence-corrected chi connectivity index (χ0v) is 12.2. The van der Waals surface area contributed by atoms with Gasteiger partial charge < -0.3 is 19.7 Å². The number of carbonyl (C=O) groups excluding carboxylic acids is 1. The quantitative estimate of drug-likeness (QED) is 0.850. The van der Waals surface area contributed by atoms with Gasteiger partial charge in [-0.05, 0) is 30.7 Å². The van der Waals surface area contributed by atoms with Gasteiger partial charge in [0.15, 0.2) is 6.29 Å². The van der Waals surface area contributed by atoms with E-state index in [-0.39, 0.29) is 11.5 Å². The molecule has 0 heterocycles. The van der Waals surface area contributed by atoms with Gasteiger partial charge in [-0.15, -0.1) is 0 Å². The summed E-state index contributed by atoms with van der Waals surface area (Å²) in [5, 5.41) is 18.0. The number of hydrogen-bond donors (Lipinski definition) is 2. The molecule has 112 valence electrons. The van der Waals surface area contributed by atoms with Gasteiger partial charge in [0.2, 0.25) is 0 Å². The average molecular weight is 290 g/mol. The summed E-state index contributed by atoms with van der Waals surface area (Å²) in [7, 11) is 3.03. The lowest BCUT2D eigenvalue weighted by atomic mass is 10.2. The average Bonchev–Trinajstić information content (AvgIpc) is 2.50. The van der Waals surface area contributed by atoms with E-state index < -0.39 is 0 Å². The van der Waals surface area contributed by atoms with E-state index in [1.165, 1.54) is 25.3 Å². The normalized spacial score (nSPS) is 9.29. The molecule has 0 bridgehead atoms. The number of phenols is 2. The number of aldehydes is 1. The highest BCUT2D eigenvalue weighted by atomic mass is 16.5. The number of phenolic OH excluding ortho intramolecular Hbond substituents is 2. The van der Waals surface area contributed by atoms with Crippen molar-refractivity contribution in [1.82, 2.24) is 0 Å². The van der Waals surface area contributed by atoms with Crippen molar-refractivity contribution in [2.75, 3.05) is 14.2 Å². The van der Waals surface area contributed by atoms with E-state index in [0.717, 1.165) is 11.3 Å². The van der Waals surface area contributed by atoms with Gasteiger partial charge in [-0.1, -0.05) is 6.07 Å². The maximum atomic E-state index is 10.3. The monoisotopic (exact) mass is 290 g/mol. The summed E-state index contributed by atoms with van der Waals surface area (Å²) in [4.78, 5) is 10.3. The Labute approximate surface area is 123 Å². The van der Waals surface area contributed by atoms with E-state index in [0.29, 0.717) is 17.6 Å². The molecule has 0 saturated heterocycles. The molecule has 0 radical (unpaired) electrons. The van der Waals surface area contributed by atoms with Crippen molar-refractivity contribution >= 4 is 6.29 Å². The van der Waals surface area contributed by atoms with Gasteiger partial charge in [-0.25, -0.2) is 0 Å². The lowest BCUT2D eigenvalue weighted by molar-refractivity contribution is 0.112. The van der Waals surface area contributed by atoms with Gasteiger partial charge in [0.05, 0.1) is 19.8 Å². The largest absolute Gasteiger partial charge is 0.508 e. The van der Waals surface area contributed by atoms with Crippen molar-refractivity contribution in [2.45, 2.75) is 6.92 Å². The van der Waals surface area contributed by atoms with Gasteiger partial charge in [-0.2, -0.15) is 0 Å². The van der Waals surface area contributed by atoms with Crippen molar-refractivity contribution < 1.29 is 24.5 Å². The lowest BCUT2D eigenvalue weighted by Crippen LogP contribution is -1.88. The van der Waals surface area contributed by atoms with E-state index in [1.54, 1.807) is 19.2 Å². The van der Waals surface area contributed by atoms with Crippen LogP contribution in [0.3, 0.4) is 0 Å². The fourth-order valence-corrected chi connectivity index (χ4v) is 1.61. The Morgan fingerprint density at radius 2 is 1.43 bits per heavy atom. The molecule has 0 amide bonds. The number of ether oxygens (including phenoxy) is 2. The van der Waals surface area contributed by atoms with E-state index in [1.807, 2.05) is 13.0 Å². The van der Waals surface area contributed by atoms with E-state index in [4.69, 9.17) is 19.7 Å². The first kappa shape index (κ1) is 16.4. The maximum Gasteiger partial charge on any atom is 0.153 e. The van der Waals surface area contributed by atoms with Gasteiger partial charge in [0.25, 0.3) is 0 Å². The summed E-state index contributed by atoms with van der Waals surface area (Å²) in [6.45, 7) is 1.93. The molecule has 2 aromatic carbocycles. The number of rotatable bonds is 3. The van der Waals surface area contributed by atoms with Crippen molar-refractivity contribution in [3.8, 4) is 23.0 Å². The fraction of sp³-hybridized carbons (Fsp3) is 0.188. The van der Waals surface area contributed by atoms with Gasteiger partial charge >= 0.3 is 0 Å². The Balaban J connectivity index is 0.000000211. The number of aryl methyl sites for hydroxylation is 1. The van der Waals surface area contributed by atoms with Crippen LogP contribution in [-0.4, -0.2) is 30.7 Å². The molecular weight excluding hydrogens is 272 g/mol. The predicted octanol–water partition coefficient (Wildman–Crippen LogP) is 2.92. The van der Waals surface area contributed by atoms with Crippen LogP contribution in [0.5, 0.6) is 23.0 Å². The molecule has 0 atom stereocenters. The molecule has 0 spiro atoms. The van der Waals surface area contributed by atoms with E-state index >= 15 is 0 Å². The highest BCUT2D eigenvalue weighted by molar-refractivity contribution is 5.79. The summed E-state index contributed by atoms with van der Waals surface area (Å²) in [5.41, 5.74) is 1.46. The lowest BCUT2D eigenvalue weighted by Gasteiger charge is -2.02. The van der Waals surface area contributed by atoms with Crippen LogP contribution in [0, 0.1) is 6.92 Å². The molecule has 5 nitrogen and oxygen atoms in total. The Morgan fingerprint density at radius 1 is 0.905 bits per heavy atom. The first-order chi connectivity index (χ1) is 10.0. The van der Waals surface area contributed by atoms with Crippen molar-refractivity contribution in [1.29, 1.82) is 0 Å². The molecule has 0 saturated carbocycles. The Hall–Kier alpha value is -2.69. The molecule has 5 heteroatoms. The van der Waals surface area contributed by atoms with Crippen LogP contribution in [-0.2, 0) is 0 Å². The Kier molecular flexibility index (Phi) is 6.07. The molecule has 2 N–H and O–H groups in total. The number of carbonyl (C=O) groups is 1. The van der Waals surface area contributed by atoms with Crippen LogP contribution in [0.25, 0.3) is 0 Å². The van der Waals surface area contributed by atoms with Crippen molar-refractivity contribution in [3.05, 3.63) is 47.5 Å². The highest BCUT2D eigenvalue weighted by Crippen LogP contribution is 2.22. The van der Waals surface area contributed by atoms with Crippen LogP contribution in [0.15, 0.2) is 36.4 Å². The molecular formula is C16H18O5. The summed E-state index contributed by atoms with van der Waals surface area (Å²) in [5.74, 6) is 1.44. The standard InChI is InChI=1S/C8H8O3.C8H10O2/c1-11-8-4-7(10)3-2-6(8)5-9;1-6-3-4-7(9)5-8(6)10-2/h2-5,10H,1H3;3-5,9H,1-2H3.